The number of fused-ring (bicyclic) bond motifs is 1. The van der Waals surface area contributed by atoms with Crippen molar-refractivity contribution in [2.45, 2.75) is 32.4 Å². The SMILES string of the molecule is N#Cc1cc(N)c(C=NCc2nn(CC=O)c(=O)c3ccccc23)cc1OCCC1CC1. The van der Waals surface area contributed by atoms with Crippen molar-refractivity contribution in [3.05, 3.63) is 63.6 Å². The number of nitrogens with two attached hydrogens (primary N) is 1. The number of carbonyl (C=O) groups is 1. The summed E-state index contributed by atoms with van der Waals surface area (Å²) < 4.78 is 6.97. The number of carbonyl (C=O) groups excluding carboxylic acids is 1. The van der Waals surface area contributed by atoms with Crippen molar-refractivity contribution in [1.82, 2.24) is 9.78 Å². The Labute approximate surface area is 184 Å². The van der Waals surface area contributed by atoms with E-state index in [4.69, 9.17) is 10.5 Å². The molecule has 0 bridgehead atoms. The van der Waals surface area contributed by atoms with E-state index in [-0.39, 0.29) is 18.6 Å². The van der Waals surface area contributed by atoms with Crippen molar-refractivity contribution in [1.29, 1.82) is 5.26 Å². The molecule has 1 aromatic heterocycles. The van der Waals surface area contributed by atoms with Crippen LogP contribution in [0.3, 0.4) is 0 Å². The zero-order chi connectivity index (χ0) is 22.5. The van der Waals surface area contributed by atoms with E-state index in [1.54, 1.807) is 30.5 Å². The van der Waals surface area contributed by atoms with Gasteiger partial charge in [0.2, 0.25) is 0 Å². The lowest BCUT2D eigenvalue weighted by molar-refractivity contribution is -0.108. The van der Waals surface area contributed by atoms with Crippen molar-refractivity contribution < 1.29 is 9.53 Å². The van der Waals surface area contributed by atoms with Gasteiger partial charge < -0.3 is 15.3 Å². The molecule has 1 aliphatic carbocycles. The second kappa shape index (κ2) is 9.43. The zero-order valence-electron chi connectivity index (χ0n) is 17.5. The minimum atomic E-state index is -0.315. The van der Waals surface area contributed by atoms with Gasteiger partial charge in [0.1, 0.15) is 24.6 Å². The molecule has 1 fully saturated rings. The van der Waals surface area contributed by atoms with Crippen LogP contribution in [0, 0.1) is 17.2 Å². The first-order valence-corrected chi connectivity index (χ1v) is 10.5. The van der Waals surface area contributed by atoms with Gasteiger partial charge in [-0.2, -0.15) is 10.4 Å². The molecule has 8 heteroatoms. The van der Waals surface area contributed by atoms with Crippen molar-refractivity contribution in [3.63, 3.8) is 0 Å². The van der Waals surface area contributed by atoms with Crippen LogP contribution >= 0.6 is 0 Å². The van der Waals surface area contributed by atoms with Crippen molar-refractivity contribution >= 4 is 29.0 Å². The number of rotatable bonds is 9. The van der Waals surface area contributed by atoms with Crippen molar-refractivity contribution in [2.75, 3.05) is 12.3 Å². The lowest BCUT2D eigenvalue weighted by atomic mass is 10.1. The number of nitriles is 1. The molecular formula is C24H23N5O3. The van der Waals surface area contributed by atoms with Crippen LogP contribution in [-0.2, 0) is 17.9 Å². The fourth-order valence-corrected chi connectivity index (χ4v) is 3.52. The number of aliphatic imine (C=N–C) groups is 1. The van der Waals surface area contributed by atoms with Gasteiger partial charge in [-0.15, -0.1) is 0 Å². The molecule has 0 amide bonds. The topological polar surface area (TPSA) is 123 Å². The van der Waals surface area contributed by atoms with Crippen LogP contribution in [0.25, 0.3) is 10.8 Å². The first-order chi connectivity index (χ1) is 15.6. The summed E-state index contributed by atoms with van der Waals surface area (Å²) in [6.07, 6.45) is 5.72. The van der Waals surface area contributed by atoms with E-state index in [1.165, 1.54) is 12.8 Å². The van der Waals surface area contributed by atoms with E-state index < -0.39 is 0 Å². The molecule has 0 unspecified atom stereocenters. The van der Waals surface area contributed by atoms with Gasteiger partial charge in [0.25, 0.3) is 5.56 Å². The largest absolute Gasteiger partial charge is 0.492 e. The normalized spacial score (nSPS) is 13.3. The molecule has 2 N–H and O–H groups in total. The maximum atomic E-state index is 12.5. The lowest BCUT2D eigenvalue weighted by Gasteiger charge is -2.10. The Balaban J connectivity index is 1.59. The highest BCUT2D eigenvalue weighted by Gasteiger charge is 2.21. The molecule has 3 aromatic rings. The number of anilines is 1. The third-order valence-electron chi connectivity index (χ3n) is 5.45. The summed E-state index contributed by atoms with van der Waals surface area (Å²) >= 11 is 0. The van der Waals surface area contributed by atoms with Crippen LogP contribution < -0.4 is 16.0 Å². The second-order valence-electron chi connectivity index (χ2n) is 7.79. The minimum Gasteiger partial charge on any atom is -0.492 e. The predicted octanol–water partition coefficient (Wildman–Crippen LogP) is 2.85. The van der Waals surface area contributed by atoms with Crippen LogP contribution in [0.15, 0.2) is 46.2 Å². The van der Waals surface area contributed by atoms with Gasteiger partial charge in [-0.1, -0.05) is 31.0 Å². The summed E-state index contributed by atoms with van der Waals surface area (Å²) in [6.45, 7) is 0.634. The highest BCUT2D eigenvalue weighted by Crippen LogP contribution is 2.33. The lowest BCUT2D eigenvalue weighted by Crippen LogP contribution is -2.25. The molecule has 0 spiro atoms. The number of hydrogen-bond donors (Lipinski definition) is 1. The molecule has 2 aromatic carbocycles. The summed E-state index contributed by atoms with van der Waals surface area (Å²) in [4.78, 5) is 27.9. The van der Waals surface area contributed by atoms with E-state index >= 15 is 0 Å². The van der Waals surface area contributed by atoms with E-state index in [9.17, 15) is 14.9 Å². The summed E-state index contributed by atoms with van der Waals surface area (Å²) in [6, 6.07) is 12.5. The van der Waals surface area contributed by atoms with Crippen LogP contribution in [0.4, 0.5) is 5.69 Å². The summed E-state index contributed by atoms with van der Waals surface area (Å²) in [5.41, 5.74) is 7.82. The van der Waals surface area contributed by atoms with E-state index in [2.05, 4.69) is 16.2 Å². The van der Waals surface area contributed by atoms with Gasteiger partial charge in [0.15, 0.2) is 0 Å². The minimum absolute atomic E-state index is 0.121. The first kappa shape index (κ1) is 21.2. The highest BCUT2D eigenvalue weighted by atomic mass is 16.5. The molecular weight excluding hydrogens is 406 g/mol. The molecule has 1 saturated carbocycles. The Bertz CT molecular complexity index is 1290. The summed E-state index contributed by atoms with van der Waals surface area (Å²) in [7, 11) is 0. The molecule has 0 saturated heterocycles. The van der Waals surface area contributed by atoms with Gasteiger partial charge in [0, 0.05) is 22.9 Å². The molecule has 32 heavy (non-hydrogen) atoms. The first-order valence-electron chi connectivity index (χ1n) is 10.5. The number of ether oxygens (including phenoxy) is 1. The average Bonchev–Trinajstić information content (AvgIpc) is 3.63. The van der Waals surface area contributed by atoms with Crippen LogP contribution in [0.5, 0.6) is 5.75 Å². The Morgan fingerprint density at radius 1 is 1.28 bits per heavy atom. The molecule has 1 aliphatic rings. The Hall–Kier alpha value is -3.99. The maximum Gasteiger partial charge on any atom is 0.275 e. The van der Waals surface area contributed by atoms with Gasteiger partial charge >= 0.3 is 0 Å². The molecule has 162 valence electrons. The number of nitrogen functional groups attached to an aromatic ring is 1. The average molecular weight is 429 g/mol. The predicted molar refractivity (Wildman–Crippen MR) is 122 cm³/mol. The molecule has 0 aliphatic heterocycles. The van der Waals surface area contributed by atoms with Crippen LogP contribution in [-0.4, -0.2) is 28.9 Å². The number of aldehydes is 1. The highest BCUT2D eigenvalue weighted by molar-refractivity contribution is 5.89. The van der Waals surface area contributed by atoms with Gasteiger partial charge in [-0.05, 0) is 30.5 Å². The van der Waals surface area contributed by atoms with Gasteiger partial charge in [0.05, 0.1) is 29.8 Å². The van der Waals surface area contributed by atoms with E-state index in [1.807, 2.05) is 12.1 Å². The number of benzene rings is 2. The summed E-state index contributed by atoms with van der Waals surface area (Å²) in [5.74, 6) is 1.23. The molecule has 1 heterocycles. The quantitative estimate of drug-likeness (QED) is 0.317. The third-order valence-corrected chi connectivity index (χ3v) is 5.45. The Kier molecular flexibility index (Phi) is 6.26. The molecule has 4 rings (SSSR count). The summed E-state index contributed by atoms with van der Waals surface area (Å²) in [5, 5.41) is 14.9. The van der Waals surface area contributed by atoms with Gasteiger partial charge in [-0.25, -0.2) is 4.68 Å². The molecule has 0 radical (unpaired) electrons. The van der Waals surface area contributed by atoms with Gasteiger partial charge in [-0.3, -0.25) is 9.79 Å². The second-order valence-corrected chi connectivity index (χ2v) is 7.79. The maximum absolute atomic E-state index is 12.5. The number of nitrogens with zero attached hydrogens (tertiary/aromatic N) is 4. The van der Waals surface area contributed by atoms with Crippen LogP contribution in [0.1, 0.15) is 36.1 Å². The van der Waals surface area contributed by atoms with Crippen molar-refractivity contribution in [2.24, 2.45) is 10.9 Å². The number of hydrogen-bond acceptors (Lipinski definition) is 7. The Morgan fingerprint density at radius 3 is 2.78 bits per heavy atom. The third kappa shape index (κ3) is 4.67. The zero-order valence-corrected chi connectivity index (χ0v) is 17.5. The fourth-order valence-electron chi connectivity index (χ4n) is 3.52. The monoisotopic (exact) mass is 429 g/mol. The fraction of sp³-hybridized carbons (Fsp3) is 0.292. The standard InChI is InChI=1S/C24H23N5O3/c25-13-17-11-21(26)18(12-23(17)32-10-7-16-5-6-16)14-27-15-22-19-3-1-2-4-20(19)24(31)29(28-22)8-9-30/h1-4,9,11-12,14,16H,5-8,10,15,26H2. The molecule has 8 nitrogen and oxygen atoms in total. The number of aromatic nitrogens is 2. The van der Waals surface area contributed by atoms with E-state index in [0.717, 1.165) is 17.0 Å². The Morgan fingerprint density at radius 2 is 2.06 bits per heavy atom. The van der Waals surface area contributed by atoms with E-state index in [0.29, 0.717) is 51.9 Å². The smallest absolute Gasteiger partial charge is 0.275 e. The molecule has 0 atom stereocenters. The van der Waals surface area contributed by atoms with Crippen molar-refractivity contribution in [3.8, 4) is 11.8 Å². The van der Waals surface area contributed by atoms with Crippen LogP contribution in [0.2, 0.25) is 0 Å².